The molecule has 0 saturated heterocycles. The molecule has 1 radical (unpaired) electrons. The summed E-state index contributed by atoms with van der Waals surface area (Å²) in [5, 5.41) is 0. The molecule has 2 heteroatoms. The van der Waals surface area contributed by atoms with Gasteiger partial charge in [-0.3, -0.25) is 0 Å². The topological polar surface area (TPSA) is 0 Å². The normalized spacial score (nSPS) is 17.8. The molecule has 0 aliphatic heterocycles. The van der Waals surface area contributed by atoms with E-state index in [4.69, 9.17) is 0 Å². The van der Waals surface area contributed by atoms with Gasteiger partial charge < -0.3 is 12.4 Å². The van der Waals surface area contributed by atoms with Crippen LogP contribution in [0.4, 0.5) is 0 Å². The van der Waals surface area contributed by atoms with Gasteiger partial charge in [-0.15, -0.1) is 0 Å². The molecular weight excluding hydrogens is 331 g/mol. The maximum atomic E-state index is 2.23. The molecule has 0 spiro atoms. The van der Waals surface area contributed by atoms with Crippen molar-refractivity contribution in [2.45, 2.75) is 51.4 Å². The molecule has 0 heterocycles. The Hall–Kier alpha value is -0.127. The van der Waals surface area contributed by atoms with Crippen LogP contribution >= 0.6 is 0 Å². The zero-order valence-electron chi connectivity index (χ0n) is 11.0. The molecular formula is C16H24ClRh-. The number of hydrogen-bond acceptors (Lipinski definition) is 0. The Morgan fingerprint density at radius 3 is 0.889 bits per heavy atom. The summed E-state index contributed by atoms with van der Waals surface area (Å²) < 4.78 is 0. The molecule has 0 bridgehead atoms. The largest absolute Gasteiger partial charge is 1.00 e. The summed E-state index contributed by atoms with van der Waals surface area (Å²) in [7, 11) is 0. The van der Waals surface area contributed by atoms with Crippen molar-refractivity contribution in [2.24, 2.45) is 0 Å². The van der Waals surface area contributed by atoms with Crippen LogP contribution in [0.5, 0.6) is 0 Å². The molecule has 2 aliphatic carbocycles. The predicted octanol–water partition coefficient (Wildman–Crippen LogP) is 2.35. The van der Waals surface area contributed by atoms with E-state index in [0.717, 1.165) is 0 Å². The molecule has 0 saturated carbocycles. The monoisotopic (exact) mass is 354 g/mol. The summed E-state index contributed by atoms with van der Waals surface area (Å²) >= 11 is 0. The van der Waals surface area contributed by atoms with Crippen LogP contribution < -0.4 is 12.4 Å². The summed E-state index contributed by atoms with van der Waals surface area (Å²) in [5.41, 5.74) is 0. The van der Waals surface area contributed by atoms with Gasteiger partial charge in [0.2, 0.25) is 0 Å². The van der Waals surface area contributed by atoms with Crippen molar-refractivity contribution in [1.29, 1.82) is 0 Å². The second kappa shape index (κ2) is 16.9. The maximum absolute atomic E-state index is 2.23. The zero-order chi connectivity index (χ0) is 11.3. The molecule has 2 rings (SSSR count). The van der Waals surface area contributed by atoms with Crippen LogP contribution in [0.15, 0.2) is 48.6 Å². The smallest absolute Gasteiger partial charge is 0 e. The van der Waals surface area contributed by atoms with Gasteiger partial charge in [0.05, 0.1) is 0 Å². The van der Waals surface area contributed by atoms with Gasteiger partial charge in [-0.05, 0) is 51.4 Å². The summed E-state index contributed by atoms with van der Waals surface area (Å²) in [4.78, 5) is 0. The first-order valence-electron chi connectivity index (χ1n) is 6.63. The van der Waals surface area contributed by atoms with E-state index in [2.05, 4.69) is 48.6 Å². The van der Waals surface area contributed by atoms with Gasteiger partial charge >= 0.3 is 0 Å². The van der Waals surface area contributed by atoms with Gasteiger partial charge in [-0.1, -0.05) is 48.6 Å². The second-order valence-corrected chi connectivity index (χ2v) is 4.28. The molecule has 0 fully saturated rings. The quantitative estimate of drug-likeness (QED) is 0.586. The second-order valence-electron chi connectivity index (χ2n) is 4.28. The first-order chi connectivity index (χ1) is 8.00. The fraction of sp³-hybridized carbons (Fsp3) is 0.500. The summed E-state index contributed by atoms with van der Waals surface area (Å²) in [6.45, 7) is 0. The van der Waals surface area contributed by atoms with Gasteiger partial charge in [-0.25, -0.2) is 0 Å². The van der Waals surface area contributed by atoms with Crippen LogP contribution in [0.3, 0.4) is 0 Å². The van der Waals surface area contributed by atoms with E-state index in [0.29, 0.717) is 0 Å². The molecule has 0 atom stereocenters. The fourth-order valence-corrected chi connectivity index (χ4v) is 1.75. The first kappa shape index (κ1) is 20.2. The Balaban J connectivity index is 0. The Morgan fingerprint density at radius 1 is 0.444 bits per heavy atom. The average molecular weight is 355 g/mol. The van der Waals surface area contributed by atoms with Crippen LogP contribution in [0, 0.1) is 0 Å². The summed E-state index contributed by atoms with van der Waals surface area (Å²) in [6, 6.07) is 0. The van der Waals surface area contributed by atoms with Crippen LogP contribution in [0.2, 0.25) is 0 Å². The number of hydrogen-bond donors (Lipinski definition) is 0. The van der Waals surface area contributed by atoms with E-state index in [1.54, 1.807) is 0 Å². The van der Waals surface area contributed by atoms with E-state index in [-0.39, 0.29) is 31.9 Å². The van der Waals surface area contributed by atoms with Crippen molar-refractivity contribution in [3.63, 3.8) is 0 Å². The molecule has 0 aromatic carbocycles. The Kier molecular flexibility index (Phi) is 18.9. The van der Waals surface area contributed by atoms with Gasteiger partial charge in [0, 0.05) is 19.5 Å². The van der Waals surface area contributed by atoms with Crippen LogP contribution in [-0.2, 0) is 19.5 Å². The van der Waals surface area contributed by atoms with Crippen LogP contribution in [-0.4, -0.2) is 0 Å². The van der Waals surface area contributed by atoms with Crippen LogP contribution in [0.25, 0.3) is 0 Å². The minimum Gasteiger partial charge on any atom is -1.00 e. The van der Waals surface area contributed by atoms with E-state index in [1.165, 1.54) is 51.4 Å². The van der Waals surface area contributed by atoms with Crippen molar-refractivity contribution in [3.8, 4) is 0 Å². The standard InChI is InChI=1S/2C8H12.ClH.Rh/c2*1-2-4-6-8-7-5-3-1;;/h2*1-4H,5-8H2;1H;/p-1. The molecule has 18 heavy (non-hydrogen) atoms. The fourth-order valence-electron chi connectivity index (χ4n) is 1.75. The van der Waals surface area contributed by atoms with Gasteiger partial charge in [0.15, 0.2) is 0 Å². The van der Waals surface area contributed by atoms with Crippen molar-refractivity contribution < 1.29 is 31.9 Å². The van der Waals surface area contributed by atoms with Crippen molar-refractivity contribution in [1.82, 2.24) is 0 Å². The molecule has 0 unspecified atom stereocenters. The summed E-state index contributed by atoms with van der Waals surface area (Å²) in [5.74, 6) is 0. The van der Waals surface area contributed by atoms with Gasteiger partial charge in [0.25, 0.3) is 0 Å². The minimum absolute atomic E-state index is 0. The molecule has 0 nitrogen and oxygen atoms in total. The SMILES string of the molecule is C1=CCCCCC=C1.C1=CCCCCC=C1.[Cl-].[Rh]. The number of allylic oxidation sites excluding steroid dienone is 8. The summed E-state index contributed by atoms with van der Waals surface area (Å²) in [6.07, 6.45) is 28.0. The molecule has 0 aromatic heterocycles. The molecule has 0 N–H and O–H groups in total. The average Bonchev–Trinajstić information content (AvgIpc) is 2.15. The Bertz CT molecular complexity index is 208. The Morgan fingerprint density at radius 2 is 0.667 bits per heavy atom. The third-order valence-corrected chi connectivity index (χ3v) is 2.75. The Labute approximate surface area is 131 Å². The van der Waals surface area contributed by atoms with Gasteiger partial charge in [-0.2, -0.15) is 0 Å². The third-order valence-electron chi connectivity index (χ3n) is 2.75. The minimum atomic E-state index is 0. The molecule has 0 aromatic rings. The molecule has 105 valence electrons. The van der Waals surface area contributed by atoms with Gasteiger partial charge in [0.1, 0.15) is 0 Å². The maximum Gasteiger partial charge on any atom is 0 e. The predicted molar refractivity (Wildman–Crippen MR) is 73.5 cm³/mol. The van der Waals surface area contributed by atoms with Crippen molar-refractivity contribution in [3.05, 3.63) is 48.6 Å². The van der Waals surface area contributed by atoms with Crippen molar-refractivity contribution >= 4 is 0 Å². The van der Waals surface area contributed by atoms with E-state index < -0.39 is 0 Å². The van der Waals surface area contributed by atoms with Crippen molar-refractivity contribution in [2.75, 3.05) is 0 Å². The van der Waals surface area contributed by atoms with Crippen LogP contribution in [0.1, 0.15) is 51.4 Å². The zero-order valence-corrected chi connectivity index (χ0v) is 13.4. The molecule has 2 aliphatic rings. The van der Waals surface area contributed by atoms with E-state index >= 15 is 0 Å². The van der Waals surface area contributed by atoms with E-state index in [1.807, 2.05) is 0 Å². The van der Waals surface area contributed by atoms with E-state index in [9.17, 15) is 0 Å². The number of halogens is 1. The third kappa shape index (κ3) is 13.9. The first-order valence-corrected chi connectivity index (χ1v) is 6.63. The number of rotatable bonds is 0. The molecule has 0 amide bonds.